The number of carbonyl (C=O) groups is 1. The van der Waals surface area contributed by atoms with Crippen LogP contribution >= 0.6 is 0 Å². The van der Waals surface area contributed by atoms with Crippen LogP contribution in [0.25, 0.3) is 0 Å². The summed E-state index contributed by atoms with van der Waals surface area (Å²) in [6.07, 6.45) is 23.4. The largest absolute Gasteiger partial charge is 0.481 e. The summed E-state index contributed by atoms with van der Waals surface area (Å²) < 4.78 is 0. The average molecular weight is 278 g/mol. The maximum Gasteiger partial charge on any atom is 0.303 e. The quantitative estimate of drug-likeness (QED) is 0.348. The number of allylic oxidation sites excluding steroid dienone is 6. The minimum atomic E-state index is -0.705. The Morgan fingerprint density at radius 2 is 1.35 bits per heavy atom. The van der Waals surface area contributed by atoms with E-state index in [0.717, 1.165) is 32.1 Å². The van der Waals surface area contributed by atoms with Crippen molar-refractivity contribution in [3.05, 3.63) is 36.5 Å². The Kier molecular flexibility index (Phi) is 14.7. The molecule has 1 N–H and O–H groups in total. The summed E-state index contributed by atoms with van der Waals surface area (Å²) in [4.78, 5) is 10.3. The molecule has 0 aromatic rings. The number of unbranched alkanes of at least 4 members (excludes halogenated alkanes) is 5. The molecule has 0 aliphatic carbocycles. The maximum atomic E-state index is 10.3. The Morgan fingerprint density at radius 1 is 0.800 bits per heavy atom. The molecule has 0 spiro atoms. The Bertz CT molecular complexity index is 301. The summed E-state index contributed by atoms with van der Waals surface area (Å²) in [5, 5.41) is 8.48. The molecule has 0 atom stereocenters. The molecule has 0 amide bonds. The SMILES string of the molecule is CCCCC/C=C\C/C=C\CC/C=C\CCCC(=O)O. The van der Waals surface area contributed by atoms with E-state index in [1.54, 1.807) is 0 Å². The fourth-order valence-corrected chi connectivity index (χ4v) is 1.82. The van der Waals surface area contributed by atoms with Crippen LogP contribution in [0.2, 0.25) is 0 Å². The van der Waals surface area contributed by atoms with Crippen LogP contribution in [-0.4, -0.2) is 11.1 Å². The molecule has 0 aliphatic rings. The second-order valence-electron chi connectivity index (χ2n) is 5.01. The predicted molar refractivity (Wildman–Crippen MR) is 86.9 cm³/mol. The monoisotopic (exact) mass is 278 g/mol. The normalized spacial score (nSPS) is 12.1. The van der Waals surface area contributed by atoms with Gasteiger partial charge in [-0.2, -0.15) is 0 Å². The number of hydrogen-bond acceptors (Lipinski definition) is 1. The van der Waals surface area contributed by atoms with Crippen molar-refractivity contribution in [2.45, 2.75) is 71.1 Å². The van der Waals surface area contributed by atoms with Crippen molar-refractivity contribution in [3.8, 4) is 0 Å². The summed E-state index contributed by atoms with van der Waals surface area (Å²) in [7, 11) is 0. The van der Waals surface area contributed by atoms with Crippen molar-refractivity contribution in [2.24, 2.45) is 0 Å². The van der Waals surface area contributed by atoms with Crippen LogP contribution in [0.5, 0.6) is 0 Å². The van der Waals surface area contributed by atoms with Gasteiger partial charge in [0.1, 0.15) is 0 Å². The van der Waals surface area contributed by atoms with E-state index < -0.39 is 5.97 Å². The van der Waals surface area contributed by atoms with E-state index in [4.69, 9.17) is 5.11 Å². The van der Waals surface area contributed by atoms with Crippen molar-refractivity contribution in [1.29, 1.82) is 0 Å². The van der Waals surface area contributed by atoms with Gasteiger partial charge in [0.25, 0.3) is 0 Å². The lowest BCUT2D eigenvalue weighted by Crippen LogP contribution is -1.92. The highest BCUT2D eigenvalue weighted by Gasteiger charge is 1.92. The van der Waals surface area contributed by atoms with Crippen LogP contribution in [0.1, 0.15) is 71.1 Å². The molecule has 0 rings (SSSR count). The van der Waals surface area contributed by atoms with Crippen molar-refractivity contribution in [3.63, 3.8) is 0 Å². The van der Waals surface area contributed by atoms with E-state index in [0.29, 0.717) is 0 Å². The van der Waals surface area contributed by atoms with Crippen molar-refractivity contribution in [1.82, 2.24) is 0 Å². The van der Waals surface area contributed by atoms with Crippen LogP contribution in [0.4, 0.5) is 0 Å². The zero-order valence-electron chi connectivity index (χ0n) is 12.9. The fraction of sp³-hybridized carbons (Fsp3) is 0.611. The van der Waals surface area contributed by atoms with Gasteiger partial charge < -0.3 is 5.11 Å². The first-order chi connectivity index (χ1) is 9.77. The number of rotatable bonds is 13. The summed E-state index contributed by atoms with van der Waals surface area (Å²) in [6, 6.07) is 0. The molecule has 114 valence electrons. The van der Waals surface area contributed by atoms with Crippen molar-refractivity contribution >= 4 is 5.97 Å². The molecule has 0 bridgehead atoms. The summed E-state index contributed by atoms with van der Waals surface area (Å²) in [6.45, 7) is 2.23. The van der Waals surface area contributed by atoms with Gasteiger partial charge in [-0.25, -0.2) is 0 Å². The summed E-state index contributed by atoms with van der Waals surface area (Å²) >= 11 is 0. The molecule has 0 saturated carbocycles. The third-order valence-corrected chi connectivity index (χ3v) is 3.01. The first-order valence-corrected chi connectivity index (χ1v) is 7.94. The predicted octanol–water partition coefficient (Wildman–Crippen LogP) is 5.66. The van der Waals surface area contributed by atoms with E-state index in [2.05, 4.69) is 43.4 Å². The van der Waals surface area contributed by atoms with Gasteiger partial charge in [-0.1, -0.05) is 56.2 Å². The van der Waals surface area contributed by atoms with Gasteiger partial charge in [-0.3, -0.25) is 4.79 Å². The minimum absolute atomic E-state index is 0.273. The third kappa shape index (κ3) is 16.7. The number of carboxylic acid groups (broad SMARTS) is 1. The first kappa shape index (κ1) is 18.7. The molecule has 2 nitrogen and oxygen atoms in total. The molecule has 0 fully saturated rings. The molecule has 0 radical (unpaired) electrons. The molecule has 0 saturated heterocycles. The van der Waals surface area contributed by atoms with E-state index in [1.165, 1.54) is 25.7 Å². The first-order valence-electron chi connectivity index (χ1n) is 7.94. The van der Waals surface area contributed by atoms with Crippen LogP contribution < -0.4 is 0 Å². The maximum absolute atomic E-state index is 10.3. The Morgan fingerprint density at radius 3 is 2.00 bits per heavy atom. The molecule has 0 aromatic carbocycles. The number of aliphatic carboxylic acids is 1. The van der Waals surface area contributed by atoms with Gasteiger partial charge in [0, 0.05) is 6.42 Å². The van der Waals surface area contributed by atoms with Gasteiger partial charge >= 0.3 is 5.97 Å². The molecule has 20 heavy (non-hydrogen) atoms. The molecule has 0 aliphatic heterocycles. The van der Waals surface area contributed by atoms with Crippen molar-refractivity contribution in [2.75, 3.05) is 0 Å². The molecular formula is C18H30O2. The highest BCUT2D eigenvalue weighted by molar-refractivity contribution is 5.66. The van der Waals surface area contributed by atoms with Crippen LogP contribution in [0.15, 0.2) is 36.5 Å². The topological polar surface area (TPSA) is 37.3 Å². The Labute approximate surface area is 124 Å². The lowest BCUT2D eigenvalue weighted by atomic mass is 10.2. The molecule has 0 aromatic heterocycles. The Hall–Kier alpha value is -1.31. The van der Waals surface area contributed by atoms with E-state index in [-0.39, 0.29) is 6.42 Å². The number of hydrogen-bond donors (Lipinski definition) is 1. The van der Waals surface area contributed by atoms with Gasteiger partial charge in [0.15, 0.2) is 0 Å². The lowest BCUT2D eigenvalue weighted by molar-refractivity contribution is -0.137. The third-order valence-electron chi connectivity index (χ3n) is 3.01. The fourth-order valence-electron chi connectivity index (χ4n) is 1.82. The van der Waals surface area contributed by atoms with Crippen LogP contribution in [0.3, 0.4) is 0 Å². The second kappa shape index (κ2) is 15.7. The highest BCUT2D eigenvalue weighted by Crippen LogP contribution is 2.02. The van der Waals surface area contributed by atoms with Gasteiger partial charge in [0.2, 0.25) is 0 Å². The van der Waals surface area contributed by atoms with Crippen LogP contribution in [-0.2, 0) is 4.79 Å². The minimum Gasteiger partial charge on any atom is -0.481 e. The summed E-state index contributed by atoms with van der Waals surface area (Å²) in [5.74, 6) is -0.705. The van der Waals surface area contributed by atoms with E-state index in [9.17, 15) is 4.79 Å². The van der Waals surface area contributed by atoms with Gasteiger partial charge in [0.05, 0.1) is 0 Å². The van der Waals surface area contributed by atoms with E-state index in [1.807, 2.05) is 0 Å². The average Bonchev–Trinajstić information content (AvgIpc) is 2.43. The standard InChI is InChI=1S/C18H30O2/c1-2-3-4-5-6-7-8-9-10-11-12-13-14-15-16-17-18(19)20/h6-7,9-10,13-14H,2-5,8,11-12,15-17H2,1H3,(H,19,20)/b7-6-,10-9-,14-13-. The van der Waals surface area contributed by atoms with Gasteiger partial charge in [-0.15, -0.1) is 0 Å². The lowest BCUT2D eigenvalue weighted by Gasteiger charge is -1.91. The van der Waals surface area contributed by atoms with Crippen LogP contribution in [0, 0.1) is 0 Å². The second-order valence-corrected chi connectivity index (χ2v) is 5.01. The summed E-state index contributed by atoms with van der Waals surface area (Å²) in [5.41, 5.74) is 0. The molecule has 0 heterocycles. The van der Waals surface area contributed by atoms with Gasteiger partial charge in [-0.05, 0) is 44.9 Å². The molecule has 2 heteroatoms. The molecular weight excluding hydrogens is 248 g/mol. The van der Waals surface area contributed by atoms with E-state index >= 15 is 0 Å². The van der Waals surface area contributed by atoms with Crippen molar-refractivity contribution < 1.29 is 9.90 Å². The zero-order chi connectivity index (χ0) is 14.9. The highest BCUT2D eigenvalue weighted by atomic mass is 16.4. The Balaban J connectivity index is 3.30. The molecule has 0 unspecified atom stereocenters. The number of carboxylic acids is 1. The zero-order valence-corrected chi connectivity index (χ0v) is 12.9. The smallest absolute Gasteiger partial charge is 0.303 e.